The van der Waals surface area contributed by atoms with Crippen molar-refractivity contribution in [2.45, 2.75) is 13.1 Å². The Kier molecular flexibility index (Phi) is 6.95. The Morgan fingerprint density at radius 3 is 2.31 bits per heavy atom. The van der Waals surface area contributed by atoms with Crippen molar-refractivity contribution in [1.82, 2.24) is 10.3 Å². The fourth-order valence-electron chi connectivity index (χ4n) is 2.68. The van der Waals surface area contributed by atoms with Crippen molar-refractivity contribution >= 4 is 35.0 Å². The second-order valence-electron chi connectivity index (χ2n) is 6.30. The molecule has 0 aliphatic carbocycles. The number of hydrogen-bond donors (Lipinski definition) is 2. The molecule has 1 aromatic heterocycles. The largest absolute Gasteiger partial charge is 0.626 e. The van der Waals surface area contributed by atoms with E-state index >= 15 is 0 Å². The second kappa shape index (κ2) is 9.62. The van der Waals surface area contributed by atoms with Gasteiger partial charge in [-0.15, -0.1) is 0 Å². The number of benzene rings is 2. The van der Waals surface area contributed by atoms with Crippen LogP contribution in [0.3, 0.4) is 0 Å². The first kappa shape index (κ1) is 21.0. The first-order valence-corrected chi connectivity index (χ1v) is 9.48. The first-order chi connectivity index (χ1) is 13.9. The summed E-state index contributed by atoms with van der Waals surface area (Å²) in [5.74, 6) is -1.14. The summed E-state index contributed by atoms with van der Waals surface area (Å²) in [5, 5.41) is 15.5. The lowest BCUT2D eigenvalue weighted by atomic mass is 10.2. The molecule has 1 unspecified atom stereocenters. The van der Waals surface area contributed by atoms with Crippen LogP contribution in [0.15, 0.2) is 66.9 Å². The Hall–Kier alpha value is -2.77. The van der Waals surface area contributed by atoms with E-state index in [1.807, 2.05) is 6.07 Å². The number of nitrogens with zero attached hydrogens (tertiary/aromatic N) is 1. The minimum atomic E-state index is -0.755. The lowest BCUT2D eigenvalue weighted by Crippen LogP contribution is -3.08. The van der Waals surface area contributed by atoms with Crippen LogP contribution in [0.1, 0.15) is 32.0 Å². The van der Waals surface area contributed by atoms with Crippen LogP contribution in [0.5, 0.6) is 0 Å². The average Bonchev–Trinajstić information content (AvgIpc) is 2.71. The summed E-state index contributed by atoms with van der Waals surface area (Å²) in [7, 11) is 0. The molecule has 2 N–H and O–H groups in total. The number of amides is 2. The average molecular weight is 430 g/mol. The van der Waals surface area contributed by atoms with Gasteiger partial charge in [-0.25, -0.2) is 9.78 Å². The third-order valence-corrected chi connectivity index (χ3v) is 4.57. The van der Waals surface area contributed by atoms with Crippen LogP contribution in [0.2, 0.25) is 10.0 Å². The van der Waals surface area contributed by atoms with Gasteiger partial charge in [0.2, 0.25) is 0 Å². The molecule has 0 fully saturated rings. The zero-order valence-electron chi connectivity index (χ0n) is 15.2. The maximum absolute atomic E-state index is 12.4. The van der Waals surface area contributed by atoms with Crippen molar-refractivity contribution in [3.63, 3.8) is 0 Å². The van der Waals surface area contributed by atoms with E-state index in [4.69, 9.17) is 23.2 Å². The topological polar surface area (TPSA) is 86.6 Å². The van der Waals surface area contributed by atoms with Crippen LogP contribution >= 0.6 is 23.2 Å². The quantitative estimate of drug-likeness (QED) is 0.589. The summed E-state index contributed by atoms with van der Waals surface area (Å²) < 4.78 is 0. The Bertz CT molecular complexity index is 1040. The van der Waals surface area contributed by atoms with E-state index in [1.165, 1.54) is 18.3 Å². The van der Waals surface area contributed by atoms with Crippen molar-refractivity contribution < 1.29 is 14.7 Å². The Morgan fingerprint density at radius 2 is 1.62 bits per heavy atom. The van der Waals surface area contributed by atoms with Crippen LogP contribution in [-0.2, 0) is 13.1 Å². The maximum Gasteiger partial charge on any atom is 0.362 e. The molecule has 29 heavy (non-hydrogen) atoms. The summed E-state index contributed by atoms with van der Waals surface area (Å²) in [6, 6.07) is 16.6. The standard InChI is InChI=1S/C21H17Cl2N3O3/c22-17-5-1-3-14(9-17)12-25-20(27)16-7-8-24-19(11-16)21(28)26(29)13-15-4-2-6-18(23)10-15/h1-11,26H,12-13H2,(H,25,27). The summed E-state index contributed by atoms with van der Waals surface area (Å²) in [4.78, 5) is 28.8. The molecule has 0 saturated heterocycles. The van der Waals surface area contributed by atoms with E-state index in [-0.39, 0.29) is 30.3 Å². The number of rotatable bonds is 6. The normalized spacial score (nSPS) is 11.7. The van der Waals surface area contributed by atoms with Gasteiger partial charge in [0.05, 0.1) is 0 Å². The maximum atomic E-state index is 12.4. The molecule has 3 aromatic rings. The molecule has 6 nitrogen and oxygen atoms in total. The summed E-state index contributed by atoms with van der Waals surface area (Å²) >= 11 is 11.8. The highest BCUT2D eigenvalue weighted by Gasteiger charge is 2.18. The fraction of sp³-hybridized carbons (Fsp3) is 0.0952. The van der Waals surface area contributed by atoms with Gasteiger partial charge in [-0.2, -0.15) is 0 Å². The van der Waals surface area contributed by atoms with Gasteiger partial charge in [-0.3, -0.25) is 9.86 Å². The molecule has 3 rings (SSSR count). The number of quaternary nitrogens is 1. The summed E-state index contributed by atoms with van der Waals surface area (Å²) in [5.41, 5.74) is 1.63. The van der Waals surface area contributed by atoms with Gasteiger partial charge in [0, 0.05) is 33.9 Å². The number of pyridine rings is 1. The zero-order valence-corrected chi connectivity index (χ0v) is 16.7. The number of carbonyl (C=O) groups is 2. The van der Waals surface area contributed by atoms with Crippen molar-refractivity contribution in [3.8, 4) is 0 Å². The first-order valence-electron chi connectivity index (χ1n) is 8.73. The monoisotopic (exact) mass is 429 g/mol. The smallest absolute Gasteiger partial charge is 0.362 e. The molecular weight excluding hydrogens is 413 g/mol. The molecular formula is C21H17Cl2N3O3. The predicted molar refractivity (Wildman–Crippen MR) is 111 cm³/mol. The lowest BCUT2D eigenvalue weighted by molar-refractivity contribution is -0.773. The minimum Gasteiger partial charge on any atom is -0.626 e. The number of carbonyl (C=O) groups excluding carboxylic acids is 2. The lowest BCUT2D eigenvalue weighted by Gasteiger charge is -2.19. The fourth-order valence-corrected chi connectivity index (χ4v) is 3.11. The van der Waals surface area contributed by atoms with Gasteiger partial charge < -0.3 is 10.5 Å². The summed E-state index contributed by atoms with van der Waals surface area (Å²) in [6.07, 6.45) is 1.33. The molecule has 0 bridgehead atoms. The third kappa shape index (κ3) is 5.85. The van der Waals surface area contributed by atoms with E-state index < -0.39 is 11.0 Å². The van der Waals surface area contributed by atoms with Crippen molar-refractivity contribution in [2.75, 3.05) is 0 Å². The van der Waals surface area contributed by atoms with E-state index in [0.29, 0.717) is 15.6 Å². The molecule has 2 amide bonds. The predicted octanol–water partition coefficient (Wildman–Crippen LogP) is 3.04. The van der Waals surface area contributed by atoms with E-state index in [1.54, 1.807) is 42.5 Å². The van der Waals surface area contributed by atoms with Gasteiger partial charge in [-0.1, -0.05) is 47.5 Å². The van der Waals surface area contributed by atoms with Gasteiger partial charge >= 0.3 is 5.91 Å². The van der Waals surface area contributed by atoms with E-state index in [2.05, 4.69) is 10.3 Å². The third-order valence-electron chi connectivity index (χ3n) is 4.10. The van der Waals surface area contributed by atoms with Crippen molar-refractivity contribution in [1.29, 1.82) is 0 Å². The number of nitrogens with one attached hydrogen (secondary N) is 2. The molecule has 1 heterocycles. The molecule has 0 spiro atoms. The summed E-state index contributed by atoms with van der Waals surface area (Å²) in [6.45, 7) is 0.185. The van der Waals surface area contributed by atoms with Crippen LogP contribution in [0, 0.1) is 5.21 Å². The Morgan fingerprint density at radius 1 is 0.966 bits per heavy atom. The molecule has 0 saturated carbocycles. The number of aromatic nitrogens is 1. The number of halogens is 2. The molecule has 0 radical (unpaired) electrons. The van der Waals surface area contributed by atoms with Crippen molar-refractivity contribution in [3.05, 3.63) is 104 Å². The Balaban J connectivity index is 1.66. The molecule has 0 aliphatic rings. The highest BCUT2D eigenvalue weighted by atomic mass is 35.5. The van der Waals surface area contributed by atoms with E-state index in [0.717, 1.165) is 5.56 Å². The van der Waals surface area contributed by atoms with Gasteiger partial charge in [0.25, 0.3) is 5.91 Å². The van der Waals surface area contributed by atoms with E-state index in [9.17, 15) is 14.8 Å². The highest BCUT2D eigenvalue weighted by Crippen LogP contribution is 2.11. The Labute approximate surface area is 177 Å². The molecule has 8 heteroatoms. The van der Waals surface area contributed by atoms with Crippen LogP contribution < -0.4 is 10.4 Å². The highest BCUT2D eigenvalue weighted by molar-refractivity contribution is 6.30. The number of hydroxylamine groups is 2. The second-order valence-corrected chi connectivity index (χ2v) is 7.17. The SMILES string of the molecule is O=C(NCc1cccc(Cl)c1)c1ccnc(C(=O)[NH+]([O-])Cc2cccc(Cl)c2)c1. The minimum absolute atomic E-state index is 0.0765. The number of hydrogen-bond acceptors (Lipinski definition) is 4. The van der Waals surface area contributed by atoms with Crippen LogP contribution in [0.25, 0.3) is 0 Å². The molecule has 2 aromatic carbocycles. The van der Waals surface area contributed by atoms with Crippen LogP contribution in [0.4, 0.5) is 0 Å². The zero-order chi connectivity index (χ0) is 20.8. The van der Waals surface area contributed by atoms with Gasteiger partial charge in [0.15, 0.2) is 5.69 Å². The molecule has 1 atom stereocenters. The molecule has 148 valence electrons. The molecule has 0 aliphatic heterocycles. The van der Waals surface area contributed by atoms with Gasteiger partial charge in [-0.05, 0) is 42.0 Å². The van der Waals surface area contributed by atoms with Gasteiger partial charge in [0.1, 0.15) is 6.54 Å². The van der Waals surface area contributed by atoms with Crippen molar-refractivity contribution in [2.24, 2.45) is 0 Å². The van der Waals surface area contributed by atoms with Crippen LogP contribution in [-0.4, -0.2) is 16.8 Å².